The van der Waals surface area contributed by atoms with Crippen molar-refractivity contribution in [3.8, 4) is 22.6 Å². The van der Waals surface area contributed by atoms with Crippen LogP contribution < -0.4 is 20.2 Å². The molecule has 5 heterocycles. The van der Waals surface area contributed by atoms with Crippen LogP contribution in [-0.2, 0) is 26.6 Å². The Labute approximate surface area is 467 Å². The van der Waals surface area contributed by atoms with Crippen molar-refractivity contribution in [2.24, 2.45) is 0 Å². The molecule has 0 spiro atoms. The molecule has 414 valence electrons. The summed E-state index contributed by atoms with van der Waals surface area (Å²) in [4.78, 5) is 32.3. The molecule has 2 saturated heterocycles. The van der Waals surface area contributed by atoms with Gasteiger partial charge in [-0.25, -0.2) is 28.1 Å². The van der Waals surface area contributed by atoms with Crippen molar-refractivity contribution >= 4 is 57.5 Å². The van der Waals surface area contributed by atoms with E-state index in [1.54, 1.807) is 58.3 Å². The number of aromatic nitrogens is 7. The van der Waals surface area contributed by atoms with Crippen molar-refractivity contribution in [2.45, 2.75) is 89.7 Å². The van der Waals surface area contributed by atoms with Crippen molar-refractivity contribution in [2.75, 3.05) is 49.2 Å². The molecule has 0 bridgehead atoms. The number of aliphatic carboxylic acids is 1. The molecule has 0 amide bonds. The quantitative estimate of drug-likeness (QED) is 0.0695. The number of rotatable bonds is 19. The number of aliphatic hydroxyl groups is 2. The van der Waals surface area contributed by atoms with Gasteiger partial charge in [-0.3, -0.25) is 4.79 Å². The minimum absolute atomic E-state index is 0.0645. The molecule has 2 aliphatic heterocycles. The van der Waals surface area contributed by atoms with Crippen molar-refractivity contribution in [3.05, 3.63) is 178 Å². The van der Waals surface area contributed by atoms with Gasteiger partial charge in [0.05, 0.1) is 42.0 Å². The summed E-state index contributed by atoms with van der Waals surface area (Å²) < 4.78 is 39.3. The van der Waals surface area contributed by atoms with Crippen LogP contribution in [0.3, 0.4) is 0 Å². The molecule has 79 heavy (non-hydrogen) atoms. The summed E-state index contributed by atoms with van der Waals surface area (Å²) in [6.07, 6.45) is 5.91. The van der Waals surface area contributed by atoms with Crippen molar-refractivity contribution < 1.29 is 38.7 Å². The fourth-order valence-corrected chi connectivity index (χ4v) is 10.6. The van der Waals surface area contributed by atoms with Crippen LogP contribution in [0.25, 0.3) is 33.8 Å². The summed E-state index contributed by atoms with van der Waals surface area (Å²) in [5, 5.41) is 39.4. The second-order valence-corrected chi connectivity index (χ2v) is 20.8. The summed E-state index contributed by atoms with van der Waals surface area (Å²) in [5.74, 6) is -1.84. The van der Waals surface area contributed by atoms with E-state index in [-0.39, 0.29) is 42.7 Å². The smallest absolute Gasteiger partial charge is 0.350 e. The molecule has 1 unspecified atom stereocenters. The molecular formula is C59H64Cl2FN9O8. The molecule has 5 aromatic carbocycles. The number of nitrogens with zero attached hydrogens (tertiary/aromatic N) is 9. The molecule has 0 saturated carbocycles. The van der Waals surface area contributed by atoms with E-state index in [2.05, 4.69) is 67.7 Å². The number of halogens is 3. The first kappa shape index (κ1) is 56.4. The summed E-state index contributed by atoms with van der Waals surface area (Å²) in [7, 11) is 0. The molecule has 17 nitrogen and oxygen atoms in total. The van der Waals surface area contributed by atoms with E-state index >= 15 is 0 Å². The molecule has 2 fully saturated rings. The SMILES string of the molecule is CC(C)n1c(/C=C/[C@@H](O)C[C@@H](O)CC(=O)O)c(-c2ccc(F)cc2)c2ccccc21.CCC(C)n1ncn(-c2ccc(N3CCN(c4ccc(OC[C@H]5CO[C@](Cn6cncn6)(c6ccc(Cl)cc6Cl)O5)cc4)CC3)cc2)c1=O. The maximum atomic E-state index is 13.5. The average Bonchev–Trinajstić information content (AvgIpc) is 4.43. The molecule has 3 aromatic heterocycles. The van der Waals surface area contributed by atoms with Gasteiger partial charge in [0, 0.05) is 82.8 Å². The van der Waals surface area contributed by atoms with Gasteiger partial charge in [0.1, 0.15) is 49.8 Å². The fraction of sp³-hybridized carbons (Fsp3) is 0.339. The average molecular weight is 1120 g/mol. The topological polar surface area (TPSA) is 187 Å². The molecule has 5 atom stereocenters. The summed E-state index contributed by atoms with van der Waals surface area (Å²) in [6, 6.07) is 35.9. The first-order chi connectivity index (χ1) is 38.1. The highest BCUT2D eigenvalue weighted by atomic mass is 35.5. The predicted molar refractivity (Wildman–Crippen MR) is 304 cm³/mol. The van der Waals surface area contributed by atoms with Crippen LogP contribution in [0.5, 0.6) is 5.75 Å². The summed E-state index contributed by atoms with van der Waals surface area (Å²) >= 11 is 12.7. The fourth-order valence-electron chi connectivity index (χ4n) is 10.0. The van der Waals surface area contributed by atoms with Crippen LogP contribution in [0, 0.1) is 5.82 Å². The maximum absolute atomic E-state index is 13.5. The maximum Gasteiger partial charge on any atom is 0.350 e. The number of para-hydroxylation sites is 1. The molecular weight excluding hydrogens is 1050 g/mol. The third-order valence-electron chi connectivity index (χ3n) is 14.1. The minimum atomic E-state index is -1.16. The van der Waals surface area contributed by atoms with Crippen molar-refractivity contribution in [1.82, 2.24) is 33.7 Å². The highest BCUT2D eigenvalue weighted by Gasteiger charge is 2.46. The van der Waals surface area contributed by atoms with Crippen LogP contribution >= 0.6 is 23.2 Å². The van der Waals surface area contributed by atoms with Gasteiger partial charge in [0.15, 0.2) is 0 Å². The van der Waals surface area contributed by atoms with Crippen LogP contribution in [0.4, 0.5) is 15.8 Å². The zero-order chi connectivity index (χ0) is 55.8. The van der Waals surface area contributed by atoms with Gasteiger partial charge in [-0.05, 0) is 118 Å². The standard InChI is InChI=1S/C35H38Cl2N8O4.C24H26FNO4/c1-3-25(2)45-34(46)44(24-40-45)29-7-5-27(6-8-29)41-14-16-42(17-15-41)28-9-11-30(12-10-28)47-19-31-20-48-35(49-31,21-43-23-38-22-39-43)32-13-4-26(36)18-33(32)37;1-15(2)26-21-6-4-3-5-20(21)24(16-7-9-17(25)10-8-16)22(26)12-11-18(27)13-19(28)14-23(29)30/h4-13,18,22-25,31H,3,14-17,19-21H2,1-2H3;3-12,15,18-19,27-28H,13-14H2,1-2H3,(H,29,30)/b;12-11+/t25?,31-,35-;18-,19-/m01/s1. The van der Waals surface area contributed by atoms with Gasteiger partial charge in [0.2, 0.25) is 5.79 Å². The molecule has 10 rings (SSSR count). The highest BCUT2D eigenvalue weighted by Crippen LogP contribution is 2.41. The van der Waals surface area contributed by atoms with E-state index in [1.165, 1.54) is 23.1 Å². The number of hydrogen-bond acceptors (Lipinski definition) is 12. The van der Waals surface area contributed by atoms with Gasteiger partial charge < -0.3 is 43.9 Å². The normalized spacial score (nSPS) is 17.8. The Morgan fingerprint density at radius 3 is 2.18 bits per heavy atom. The third-order valence-corrected chi connectivity index (χ3v) is 14.7. The molecule has 20 heteroatoms. The monoisotopic (exact) mass is 1120 g/mol. The Balaban J connectivity index is 0.000000216. The second kappa shape index (κ2) is 25.2. The number of carboxylic acid groups (broad SMARTS) is 1. The Bertz CT molecular complexity index is 3400. The van der Waals surface area contributed by atoms with Gasteiger partial charge in [0.25, 0.3) is 0 Å². The number of piperazine rings is 1. The molecule has 0 radical (unpaired) electrons. The Morgan fingerprint density at radius 2 is 1.54 bits per heavy atom. The van der Waals surface area contributed by atoms with E-state index < -0.39 is 30.4 Å². The Hall–Kier alpha value is -7.32. The first-order valence-corrected chi connectivity index (χ1v) is 27.1. The number of ether oxygens (including phenoxy) is 3. The van der Waals surface area contributed by atoms with Gasteiger partial charge in [-0.2, -0.15) is 10.2 Å². The highest BCUT2D eigenvalue weighted by molar-refractivity contribution is 6.35. The lowest BCUT2D eigenvalue weighted by atomic mass is 10.0. The van der Waals surface area contributed by atoms with Crippen LogP contribution in [0.2, 0.25) is 10.0 Å². The van der Waals surface area contributed by atoms with E-state index in [0.29, 0.717) is 28.8 Å². The molecule has 8 aromatic rings. The van der Waals surface area contributed by atoms with Gasteiger partial charge in [-0.1, -0.05) is 72.6 Å². The largest absolute Gasteiger partial charge is 0.491 e. The number of carbonyl (C=O) groups is 1. The van der Waals surface area contributed by atoms with E-state index in [9.17, 15) is 24.2 Å². The van der Waals surface area contributed by atoms with E-state index in [0.717, 1.165) is 83.1 Å². The predicted octanol–water partition coefficient (Wildman–Crippen LogP) is 10.2. The van der Waals surface area contributed by atoms with E-state index in [1.807, 2.05) is 68.4 Å². The third kappa shape index (κ3) is 13.2. The molecule has 0 aliphatic carbocycles. The van der Waals surface area contributed by atoms with E-state index in [4.69, 9.17) is 42.5 Å². The Morgan fingerprint density at radius 1 is 0.873 bits per heavy atom. The zero-order valence-corrected chi connectivity index (χ0v) is 45.9. The number of fused-ring (bicyclic) bond motifs is 1. The lowest BCUT2D eigenvalue weighted by Gasteiger charge is -2.37. The Kier molecular flexibility index (Phi) is 18.0. The van der Waals surface area contributed by atoms with Crippen LogP contribution in [0.15, 0.2) is 145 Å². The number of hydrogen-bond donors (Lipinski definition) is 3. The lowest BCUT2D eigenvalue weighted by molar-refractivity contribution is -0.190. The van der Waals surface area contributed by atoms with Crippen LogP contribution in [0.1, 0.15) is 70.3 Å². The number of aliphatic hydroxyl groups excluding tert-OH is 2. The van der Waals surface area contributed by atoms with Crippen LogP contribution in [-0.4, -0.2) is 113 Å². The number of anilines is 2. The first-order valence-electron chi connectivity index (χ1n) is 26.3. The molecule has 3 N–H and O–H groups in total. The number of benzene rings is 5. The summed E-state index contributed by atoms with van der Waals surface area (Å²) in [6.45, 7) is 12.6. The second-order valence-electron chi connectivity index (χ2n) is 20.0. The van der Waals surface area contributed by atoms with Gasteiger partial charge in [-0.15, -0.1) is 0 Å². The van der Waals surface area contributed by atoms with Crippen molar-refractivity contribution in [3.63, 3.8) is 0 Å². The van der Waals surface area contributed by atoms with Crippen molar-refractivity contribution in [1.29, 1.82) is 0 Å². The minimum Gasteiger partial charge on any atom is -0.491 e. The lowest BCUT2D eigenvalue weighted by Crippen LogP contribution is -2.46. The van der Waals surface area contributed by atoms with Gasteiger partial charge >= 0.3 is 11.7 Å². The zero-order valence-electron chi connectivity index (χ0n) is 44.4. The number of carboxylic acids is 1. The molecule has 2 aliphatic rings. The summed E-state index contributed by atoms with van der Waals surface area (Å²) in [5.41, 5.74) is 7.29.